The fourth-order valence-corrected chi connectivity index (χ4v) is 3.25. The first-order valence-corrected chi connectivity index (χ1v) is 5.34. The van der Waals surface area contributed by atoms with Gasteiger partial charge in [-0.05, 0) is 25.2 Å². The molecule has 1 spiro atoms. The monoisotopic (exact) mass is 183 g/mol. The summed E-state index contributed by atoms with van der Waals surface area (Å²) in [6, 6.07) is 0. The summed E-state index contributed by atoms with van der Waals surface area (Å²) >= 11 is 0. The molecule has 1 heterocycles. The predicted molar refractivity (Wildman–Crippen MR) is 48.1 cm³/mol. The minimum atomic E-state index is -0.201. The lowest BCUT2D eigenvalue weighted by Gasteiger charge is -2.32. The Morgan fingerprint density at radius 1 is 1.38 bits per heavy atom. The highest BCUT2D eigenvalue weighted by Gasteiger charge is 2.56. The van der Waals surface area contributed by atoms with Crippen LogP contribution in [0.25, 0.3) is 0 Å². The first-order valence-electron chi connectivity index (χ1n) is 5.34. The van der Waals surface area contributed by atoms with E-state index in [4.69, 9.17) is 15.2 Å². The van der Waals surface area contributed by atoms with Crippen LogP contribution >= 0.6 is 0 Å². The molecular weight excluding hydrogens is 166 g/mol. The normalized spacial score (nSPS) is 53.8. The lowest BCUT2D eigenvalue weighted by Crippen LogP contribution is -2.37. The van der Waals surface area contributed by atoms with E-state index in [-0.39, 0.29) is 11.9 Å². The van der Waals surface area contributed by atoms with Gasteiger partial charge in [-0.25, -0.2) is 0 Å². The maximum atomic E-state index is 5.95. The van der Waals surface area contributed by atoms with E-state index in [1.165, 1.54) is 19.3 Å². The summed E-state index contributed by atoms with van der Waals surface area (Å²) in [6.45, 7) is 1.30. The summed E-state index contributed by atoms with van der Waals surface area (Å²) in [5, 5.41) is 0. The number of hydrogen-bond donors (Lipinski definition) is 1. The molecule has 0 aromatic heterocycles. The average molecular weight is 183 g/mol. The maximum Gasteiger partial charge on any atom is 0.172 e. The lowest BCUT2D eigenvalue weighted by atomic mass is 9.94. The molecule has 3 rings (SSSR count). The van der Waals surface area contributed by atoms with Crippen LogP contribution < -0.4 is 5.73 Å². The molecule has 74 valence electrons. The third-order valence-electron chi connectivity index (χ3n) is 3.88. The van der Waals surface area contributed by atoms with Crippen molar-refractivity contribution in [2.24, 2.45) is 17.6 Å². The molecule has 2 aliphatic carbocycles. The summed E-state index contributed by atoms with van der Waals surface area (Å²) in [4.78, 5) is 0. The molecule has 0 amide bonds. The third kappa shape index (κ3) is 1.07. The van der Waals surface area contributed by atoms with Gasteiger partial charge in [-0.15, -0.1) is 0 Å². The number of nitrogens with two attached hydrogens (primary N) is 1. The van der Waals surface area contributed by atoms with Gasteiger partial charge in [0, 0.05) is 18.9 Å². The molecule has 13 heavy (non-hydrogen) atoms. The Hall–Kier alpha value is -0.120. The van der Waals surface area contributed by atoms with Crippen LogP contribution in [0.3, 0.4) is 0 Å². The second-order valence-corrected chi connectivity index (χ2v) is 4.68. The topological polar surface area (TPSA) is 44.5 Å². The van der Waals surface area contributed by atoms with Crippen molar-refractivity contribution in [1.29, 1.82) is 0 Å². The van der Waals surface area contributed by atoms with E-state index in [9.17, 15) is 0 Å². The number of hydrogen-bond acceptors (Lipinski definition) is 3. The standard InChI is InChI=1S/C10H17NO2/c11-5-9-6-12-10(13-9)4-7-1-2-8(10)3-7/h7-9H,1-6,11H2. The van der Waals surface area contributed by atoms with Gasteiger partial charge in [0.05, 0.1) is 12.7 Å². The van der Waals surface area contributed by atoms with Crippen molar-refractivity contribution < 1.29 is 9.47 Å². The largest absolute Gasteiger partial charge is 0.347 e. The Labute approximate surface area is 78.6 Å². The molecule has 3 fully saturated rings. The average Bonchev–Trinajstić information content (AvgIpc) is 2.80. The molecule has 4 atom stereocenters. The Balaban J connectivity index is 1.77. The minimum absolute atomic E-state index is 0.152. The molecule has 0 radical (unpaired) electrons. The summed E-state index contributed by atoms with van der Waals surface area (Å²) < 4.78 is 11.8. The van der Waals surface area contributed by atoms with Crippen LogP contribution in [0.1, 0.15) is 25.7 Å². The van der Waals surface area contributed by atoms with Gasteiger partial charge >= 0.3 is 0 Å². The number of ether oxygens (including phenoxy) is 2. The maximum absolute atomic E-state index is 5.95. The summed E-state index contributed by atoms with van der Waals surface area (Å²) in [7, 11) is 0. The zero-order valence-corrected chi connectivity index (χ0v) is 7.87. The fraction of sp³-hybridized carbons (Fsp3) is 1.00. The van der Waals surface area contributed by atoms with Crippen molar-refractivity contribution in [3.8, 4) is 0 Å². The van der Waals surface area contributed by atoms with Crippen molar-refractivity contribution in [3.63, 3.8) is 0 Å². The summed E-state index contributed by atoms with van der Waals surface area (Å²) in [5.41, 5.74) is 5.58. The van der Waals surface area contributed by atoms with E-state index in [0.717, 1.165) is 12.3 Å². The third-order valence-corrected chi connectivity index (χ3v) is 3.88. The van der Waals surface area contributed by atoms with Crippen LogP contribution in [0.2, 0.25) is 0 Å². The Morgan fingerprint density at radius 2 is 2.31 bits per heavy atom. The summed E-state index contributed by atoms with van der Waals surface area (Å²) in [6.07, 6.45) is 5.26. The lowest BCUT2D eigenvalue weighted by molar-refractivity contribution is -0.199. The van der Waals surface area contributed by atoms with Crippen molar-refractivity contribution in [3.05, 3.63) is 0 Å². The van der Waals surface area contributed by atoms with E-state index in [2.05, 4.69) is 0 Å². The van der Waals surface area contributed by atoms with Crippen molar-refractivity contribution in [2.45, 2.75) is 37.6 Å². The van der Waals surface area contributed by atoms with Gasteiger partial charge in [-0.1, -0.05) is 0 Å². The SMILES string of the molecule is NCC1COC2(CC3CCC2C3)O1. The van der Waals surface area contributed by atoms with E-state index in [1.54, 1.807) is 0 Å². The van der Waals surface area contributed by atoms with Crippen molar-refractivity contribution in [2.75, 3.05) is 13.2 Å². The molecular formula is C10H17NO2. The zero-order valence-electron chi connectivity index (χ0n) is 7.87. The van der Waals surface area contributed by atoms with Crippen LogP contribution in [-0.2, 0) is 9.47 Å². The van der Waals surface area contributed by atoms with Gasteiger partial charge in [0.1, 0.15) is 0 Å². The zero-order chi connectivity index (χ0) is 8.89. The molecule has 2 N–H and O–H groups in total. The predicted octanol–water partition coefficient (Wildman–Crippen LogP) is 0.877. The molecule has 2 bridgehead atoms. The Kier molecular flexibility index (Phi) is 1.70. The van der Waals surface area contributed by atoms with Gasteiger partial charge in [0.15, 0.2) is 5.79 Å². The van der Waals surface area contributed by atoms with Gasteiger partial charge in [0.25, 0.3) is 0 Å². The smallest absolute Gasteiger partial charge is 0.172 e. The van der Waals surface area contributed by atoms with E-state index in [1.807, 2.05) is 0 Å². The molecule has 1 saturated heterocycles. The molecule has 3 nitrogen and oxygen atoms in total. The molecule has 2 saturated carbocycles. The van der Waals surface area contributed by atoms with Gasteiger partial charge in [-0.3, -0.25) is 0 Å². The van der Waals surface area contributed by atoms with Gasteiger partial charge < -0.3 is 15.2 Å². The van der Waals surface area contributed by atoms with Crippen LogP contribution in [-0.4, -0.2) is 25.0 Å². The summed E-state index contributed by atoms with van der Waals surface area (Å²) in [5.74, 6) is 1.32. The highest BCUT2D eigenvalue weighted by atomic mass is 16.7. The van der Waals surface area contributed by atoms with Crippen LogP contribution in [0, 0.1) is 11.8 Å². The van der Waals surface area contributed by atoms with Gasteiger partial charge in [0.2, 0.25) is 0 Å². The highest BCUT2D eigenvalue weighted by Crippen LogP contribution is 2.55. The molecule has 3 aliphatic rings. The number of fused-ring (bicyclic) bond motifs is 3. The first-order chi connectivity index (χ1) is 6.32. The van der Waals surface area contributed by atoms with E-state index < -0.39 is 0 Å². The quantitative estimate of drug-likeness (QED) is 0.656. The van der Waals surface area contributed by atoms with E-state index in [0.29, 0.717) is 19.1 Å². The van der Waals surface area contributed by atoms with Crippen LogP contribution in [0.5, 0.6) is 0 Å². The highest BCUT2D eigenvalue weighted by molar-refractivity contribution is 4.99. The van der Waals surface area contributed by atoms with E-state index >= 15 is 0 Å². The van der Waals surface area contributed by atoms with Crippen LogP contribution in [0.4, 0.5) is 0 Å². The molecule has 0 aromatic carbocycles. The second-order valence-electron chi connectivity index (χ2n) is 4.68. The molecule has 0 aromatic rings. The van der Waals surface area contributed by atoms with Crippen molar-refractivity contribution >= 4 is 0 Å². The van der Waals surface area contributed by atoms with Gasteiger partial charge in [-0.2, -0.15) is 0 Å². The minimum Gasteiger partial charge on any atom is -0.347 e. The first kappa shape index (κ1) is 8.21. The Bertz CT molecular complexity index is 221. The van der Waals surface area contributed by atoms with Crippen molar-refractivity contribution in [1.82, 2.24) is 0 Å². The van der Waals surface area contributed by atoms with Crippen LogP contribution in [0.15, 0.2) is 0 Å². The second kappa shape index (κ2) is 2.69. The molecule has 3 heteroatoms. The Morgan fingerprint density at radius 3 is 2.85 bits per heavy atom. The number of rotatable bonds is 1. The fourth-order valence-electron chi connectivity index (χ4n) is 3.25. The molecule has 4 unspecified atom stereocenters. The molecule has 1 aliphatic heterocycles.